The monoisotopic (exact) mass is 512 g/mol. The molecule has 0 bridgehead atoms. The zero-order valence-corrected chi connectivity index (χ0v) is 23.5. The summed E-state index contributed by atoms with van der Waals surface area (Å²) in [6.07, 6.45) is 10.7. The minimum Gasteiger partial charge on any atom is -0.379 e. The Kier molecular flexibility index (Phi) is 8.82. The van der Waals surface area contributed by atoms with E-state index in [4.69, 9.17) is 19.7 Å². The summed E-state index contributed by atoms with van der Waals surface area (Å²) in [6.45, 7) is 16.8. The number of rotatable bonds is 9. The van der Waals surface area contributed by atoms with Crippen molar-refractivity contribution in [2.24, 2.45) is 0 Å². The van der Waals surface area contributed by atoms with Gasteiger partial charge in [-0.2, -0.15) is 9.97 Å². The molecule has 4 heterocycles. The lowest BCUT2D eigenvalue weighted by molar-refractivity contribution is 0.0114. The Bertz CT molecular complexity index is 979. The molecule has 0 unspecified atom stereocenters. The molecule has 2 aromatic heterocycles. The van der Waals surface area contributed by atoms with Crippen molar-refractivity contribution in [3.05, 3.63) is 6.33 Å². The highest BCUT2D eigenvalue weighted by atomic mass is 16.5. The summed E-state index contributed by atoms with van der Waals surface area (Å²) in [5.41, 5.74) is 1.91. The van der Waals surface area contributed by atoms with Crippen LogP contribution in [0.2, 0.25) is 0 Å². The zero-order chi connectivity index (χ0) is 25.8. The van der Waals surface area contributed by atoms with Crippen LogP contribution in [0, 0.1) is 0 Å². The van der Waals surface area contributed by atoms with Crippen LogP contribution in [0.5, 0.6) is 0 Å². The lowest BCUT2D eigenvalue weighted by Gasteiger charge is -2.40. The van der Waals surface area contributed by atoms with Gasteiger partial charge in [-0.1, -0.05) is 19.3 Å². The van der Waals surface area contributed by atoms with Crippen LogP contribution in [0.3, 0.4) is 0 Å². The van der Waals surface area contributed by atoms with Crippen LogP contribution in [-0.2, 0) is 4.74 Å². The van der Waals surface area contributed by atoms with E-state index in [0.717, 1.165) is 88.3 Å². The van der Waals surface area contributed by atoms with E-state index in [9.17, 15) is 0 Å². The first-order chi connectivity index (χ1) is 18.0. The average Bonchev–Trinajstić information content (AvgIpc) is 3.36. The molecular formula is C28H48N8O. The maximum absolute atomic E-state index is 5.57. The van der Waals surface area contributed by atoms with Gasteiger partial charge >= 0.3 is 0 Å². The molecule has 3 aliphatic rings. The van der Waals surface area contributed by atoms with Crippen LogP contribution >= 0.6 is 0 Å². The molecule has 5 rings (SSSR count). The lowest BCUT2D eigenvalue weighted by Crippen LogP contribution is -2.49. The molecule has 1 aliphatic carbocycles. The highest BCUT2D eigenvalue weighted by Gasteiger charge is 2.28. The molecule has 0 amide bonds. The van der Waals surface area contributed by atoms with Crippen molar-refractivity contribution in [3.63, 3.8) is 0 Å². The van der Waals surface area contributed by atoms with Gasteiger partial charge in [-0.25, -0.2) is 4.98 Å². The first-order valence-electron chi connectivity index (χ1n) is 14.8. The molecule has 9 nitrogen and oxygen atoms in total. The molecule has 2 aliphatic heterocycles. The van der Waals surface area contributed by atoms with Gasteiger partial charge in [0.15, 0.2) is 17.0 Å². The fourth-order valence-electron chi connectivity index (χ4n) is 6.59. The zero-order valence-electron chi connectivity index (χ0n) is 23.5. The largest absolute Gasteiger partial charge is 0.379 e. The number of piperidine rings is 1. The summed E-state index contributed by atoms with van der Waals surface area (Å²) in [4.78, 5) is 22.6. The number of fused-ring (bicyclic) bond motifs is 1. The topological polar surface area (TPSA) is 74.6 Å². The van der Waals surface area contributed by atoms with Crippen molar-refractivity contribution in [1.29, 1.82) is 0 Å². The van der Waals surface area contributed by atoms with E-state index >= 15 is 0 Å². The van der Waals surface area contributed by atoms with Gasteiger partial charge in [0, 0.05) is 63.4 Å². The molecule has 206 valence electrons. The fraction of sp³-hybridized carbons (Fsp3) is 0.821. The Labute approximate surface area is 223 Å². The Hall–Kier alpha value is -1.97. The normalized spacial score (nSPS) is 21.1. The van der Waals surface area contributed by atoms with E-state index in [1.807, 2.05) is 6.33 Å². The molecule has 1 saturated carbocycles. The predicted molar refractivity (Wildman–Crippen MR) is 151 cm³/mol. The highest BCUT2D eigenvalue weighted by Crippen LogP contribution is 2.33. The number of nitrogens with one attached hydrogen (secondary N) is 1. The third-order valence-electron chi connectivity index (χ3n) is 8.68. The Balaban J connectivity index is 1.36. The van der Waals surface area contributed by atoms with Crippen molar-refractivity contribution >= 4 is 22.9 Å². The third kappa shape index (κ3) is 6.20. The summed E-state index contributed by atoms with van der Waals surface area (Å²) in [7, 11) is 0. The number of aromatic nitrogens is 4. The standard InChI is InChI=1S/C28H48N8O/c1-21(2)35(22(3)4)15-12-29-26-25-27(36(20-30-25)24-8-6-5-7-9-24)32-28(31-26)34-13-10-23(11-14-34)33-16-18-37-19-17-33/h20-24H,5-19H2,1-4H3,(H,29,31,32). The maximum Gasteiger partial charge on any atom is 0.229 e. The SMILES string of the molecule is CC(C)N(CCNc1nc(N2CCC(N3CCOCC3)CC2)nc2c1ncn2C1CCCCC1)C(C)C. The van der Waals surface area contributed by atoms with E-state index in [1.165, 1.54) is 32.1 Å². The Morgan fingerprint density at radius 1 is 0.919 bits per heavy atom. The van der Waals surface area contributed by atoms with E-state index in [2.05, 4.69) is 52.3 Å². The smallest absolute Gasteiger partial charge is 0.229 e. The molecule has 9 heteroatoms. The Morgan fingerprint density at radius 3 is 2.30 bits per heavy atom. The van der Waals surface area contributed by atoms with Crippen molar-refractivity contribution < 1.29 is 4.74 Å². The second-order valence-corrected chi connectivity index (χ2v) is 11.7. The van der Waals surface area contributed by atoms with E-state index < -0.39 is 0 Å². The first kappa shape index (κ1) is 26.6. The van der Waals surface area contributed by atoms with Crippen LogP contribution in [0.4, 0.5) is 11.8 Å². The molecule has 0 atom stereocenters. The molecule has 2 aromatic rings. The fourth-order valence-corrected chi connectivity index (χ4v) is 6.59. The Morgan fingerprint density at radius 2 is 1.62 bits per heavy atom. The van der Waals surface area contributed by atoms with Gasteiger partial charge in [0.25, 0.3) is 0 Å². The van der Waals surface area contributed by atoms with E-state index in [1.54, 1.807) is 0 Å². The lowest BCUT2D eigenvalue weighted by atomic mass is 9.95. The second-order valence-electron chi connectivity index (χ2n) is 11.7. The minimum absolute atomic E-state index is 0.499. The molecule has 3 fully saturated rings. The number of imidazole rings is 1. The number of hydrogen-bond donors (Lipinski definition) is 1. The van der Waals surface area contributed by atoms with Crippen LogP contribution in [0.1, 0.15) is 78.7 Å². The van der Waals surface area contributed by atoms with E-state index in [-0.39, 0.29) is 0 Å². The van der Waals surface area contributed by atoms with E-state index in [0.29, 0.717) is 24.2 Å². The molecule has 0 spiro atoms. The van der Waals surface area contributed by atoms with Gasteiger partial charge in [0.1, 0.15) is 0 Å². The summed E-state index contributed by atoms with van der Waals surface area (Å²) in [5, 5.41) is 3.67. The summed E-state index contributed by atoms with van der Waals surface area (Å²) < 4.78 is 7.92. The number of morpholine rings is 1. The third-order valence-corrected chi connectivity index (χ3v) is 8.68. The number of hydrogen-bond acceptors (Lipinski definition) is 8. The second kappa shape index (κ2) is 12.3. The molecular weight excluding hydrogens is 464 g/mol. The number of nitrogens with zero attached hydrogens (tertiary/aromatic N) is 7. The van der Waals surface area contributed by atoms with Crippen molar-refractivity contribution in [2.75, 3.05) is 62.7 Å². The van der Waals surface area contributed by atoms with Crippen LogP contribution in [-0.4, -0.2) is 99.9 Å². The van der Waals surface area contributed by atoms with Crippen molar-refractivity contribution in [2.45, 2.75) is 96.8 Å². The quantitative estimate of drug-likeness (QED) is 0.537. The van der Waals surface area contributed by atoms with Crippen LogP contribution in [0.15, 0.2) is 6.33 Å². The number of anilines is 2. The van der Waals surface area contributed by atoms with Crippen molar-refractivity contribution in [1.82, 2.24) is 29.3 Å². The molecule has 1 N–H and O–H groups in total. The van der Waals surface area contributed by atoms with Gasteiger partial charge in [0.05, 0.1) is 19.5 Å². The van der Waals surface area contributed by atoms with Gasteiger partial charge in [-0.15, -0.1) is 0 Å². The highest BCUT2D eigenvalue weighted by molar-refractivity contribution is 5.84. The summed E-state index contributed by atoms with van der Waals surface area (Å²) in [5.74, 6) is 1.75. The summed E-state index contributed by atoms with van der Waals surface area (Å²) in [6, 6.07) is 2.17. The van der Waals surface area contributed by atoms with Gasteiger partial charge in [-0.05, 0) is 53.4 Å². The molecule has 0 radical (unpaired) electrons. The van der Waals surface area contributed by atoms with Crippen LogP contribution < -0.4 is 10.2 Å². The van der Waals surface area contributed by atoms with Gasteiger partial charge in [-0.3, -0.25) is 9.80 Å². The van der Waals surface area contributed by atoms with Crippen LogP contribution in [0.25, 0.3) is 11.2 Å². The summed E-state index contributed by atoms with van der Waals surface area (Å²) >= 11 is 0. The van der Waals surface area contributed by atoms with Gasteiger partial charge in [0.2, 0.25) is 5.95 Å². The number of ether oxygens (including phenoxy) is 1. The van der Waals surface area contributed by atoms with Gasteiger partial charge < -0.3 is 19.5 Å². The maximum atomic E-state index is 5.57. The molecule has 0 aromatic carbocycles. The molecule has 37 heavy (non-hydrogen) atoms. The average molecular weight is 513 g/mol. The van der Waals surface area contributed by atoms with Crippen molar-refractivity contribution in [3.8, 4) is 0 Å². The molecule has 2 saturated heterocycles. The minimum atomic E-state index is 0.499. The predicted octanol–water partition coefficient (Wildman–Crippen LogP) is 4.16. The first-order valence-corrected chi connectivity index (χ1v) is 14.8.